The molecule has 1 saturated heterocycles. The van der Waals surface area contributed by atoms with Gasteiger partial charge in [-0.05, 0) is 50.5 Å². The third kappa shape index (κ3) is 4.29. The number of amides is 1. The van der Waals surface area contributed by atoms with Gasteiger partial charge in [0.25, 0.3) is 5.56 Å². The van der Waals surface area contributed by atoms with E-state index in [-0.39, 0.29) is 17.9 Å². The van der Waals surface area contributed by atoms with Crippen LogP contribution in [0.4, 0.5) is 11.6 Å². The summed E-state index contributed by atoms with van der Waals surface area (Å²) in [5, 5.41) is 2.81. The second kappa shape index (κ2) is 8.43. The molecule has 1 amide bonds. The molecule has 150 valence electrons. The standard InChI is InChI=1S/C22H25N5O2/c1-16-8-7-11-19(23-16)25-20(28)12-15-27-18-10-4-3-9-17(18)24-21(22(27)29)26-13-5-2-6-14-26/h3-4,7-11H,2,5-6,12-15H2,1H3,(H,23,25,28). The van der Waals surface area contributed by atoms with Gasteiger partial charge in [-0.2, -0.15) is 0 Å². The van der Waals surface area contributed by atoms with Crippen LogP contribution in [0.3, 0.4) is 0 Å². The molecule has 29 heavy (non-hydrogen) atoms. The van der Waals surface area contributed by atoms with Crippen molar-refractivity contribution in [3.63, 3.8) is 0 Å². The highest BCUT2D eigenvalue weighted by molar-refractivity contribution is 5.89. The van der Waals surface area contributed by atoms with Crippen molar-refractivity contribution in [2.45, 2.75) is 39.2 Å². The quantitative estimate of drug-likeness (QED) is 0.723. The first kappa shape index (κ1) is 19.1. The number of rotatable bonds is 5. The van der Waals surface area contributed by atoms with Crippen LogP contribution < -0.4 is 15.8 Å². The molecule has 0 atom stereocenters. The molecule has 2 aromatic heterocycles. The van der Waals surface area contributed by atoms with E-state index < -0.39 is 0 Å². The zero-order valence-corrected chi connectivity index (χ0v) is 16.6. The number of carbonyl (C=O) groups excluding carboxylic acids is 1. The summed E-state index contributed by atoms with van der Waals surface area (Å²) in [6.45, 7) is 3.86. The van der Waals surface area contributed by atoms with E-state index in [1.807, 2.05) is 43.3 Å². The molecule has 1 N–H and O–H groups in total. The average Bonchev–Trinajstić information content (AvgIpc) is 2.73. The van der Waals surface area contributed by atoms with Crippen LogP contribution in [-0.2, 0) is 11.3 Å². The van der Waals surface area contributed by atoms with E-state index in [1.165, 1.54) is 6.42 Å². The number of aromatic nitrogens is 3. The van der Waals surface area contributed by atoms with Gasteiger partial charge < -0.3 is 14.8 Å². The van der Waals surface area contributed by atoms with Crippen molar-refractivity contribution in [2.75, 3.05) is 23.3 Å². The fraction of sp³-hybridized carbons (Fsp3) is 0.364. The van der Waals surface area contributed by atoms with E-state index in [2.05, 4.69) is 20.2 Å². The molecule has 0 saturated carbocycles. The first-order valence-corrected chi connectivity index (χ1v) is 10.1. The van der Waals surface area contributed by atoms with Crippen LogP contribution in [0.25, 0.3) is 11.0 Å². The molecule has 0 bridgehead atoms. The van der Waals surface area contributed by atoms with Crippen molar-refractivity contribution in [3.8, 4) is 0 Å². The van der Waals surface area contributed by atoms with Gasteiger partial charge in [-0.15, -0.1) is 0 Å². The smallest absolute Gasteiger partial charge is 0.294 e. The Morgan fingerprint density at radius 2 is 1.83 bits per heavy atom. The number of aryl methyl sites for hydroxylation is 2. The van der Waals surface area contributed by atoms with Crippen LogP contribution >= 0.6 is 0 Å². The van der Waals surface area contributed by atoms with E-state index in [1.54, 1.807) is 10.6 Å². The maximum absolute atomic E-state index is 13.2. The minimum atomic E-state index is -0.171. The van der Waals surface area contributed by atoms with E-state index in [0.717, 1.165) is 42.7 Å². The Labute approximate surface area is 169 Å². The Bertz CT molecular complexity index is 1090. The highest BCUT2D eigenvalue weighted by atomic mass is 16.2. The highest BCUT2D eigenvalue weighted by Gasteiger charge is 2.19. The van der Waals surface area contributed by atoms with Crippen molar-refractivity contribution in [3.05, 3.63) is 58.5 Å². The van der Waals surface area contributed by atoms with E-state index >= 15 is 0 Å². The Kier molecular flexibility index (Phi) is 5.55. The number of fused-ring (bicyclic) bond motifs is 1. The third-order valence-electron chi connectivity index (χ3n) is 5.21. The van der Waals surface area contributed by atoms with E-state index in [4.69, 9.17) is 0 Å². The predicted molar refractivity (Wildman–Crippen MR) is 114 cm³/mol. The topological polar surface area (TPSA) is 80.1 Å². The number of piperidine rings is 1. The van der Waals surface area contributed by atoms with Gasteiger partial charge >= 0.3 is 0 Å². The van der Waals surface area contributed by atoms with Crippen LogP contribution in [0, 0.1) is 6.92 Å². The van der Waals surface area contributed by atoms with Gasteiger partial charge in [-0.25, -0.2) is 9.97 Å². The van der Waals surface area contributed by atoms with E-state index in [0.29, 0.717) is 18.2 Å². The first-order chi connectivity index (χ1) is 14.1. The molecular weight excluding hydrogens is 366 g/mol. The lowest BCUT2D eigenvalue weighted by Gasteiger charge is -2.27. The van der Waals surface area contributed by atoms with Crippen LogP contribution in [-0.4, -0.2) is 33.5 Å². The van der Waals surface area contributed by atoms with Crippen molar-refractivity contribution < 1.29 is 4.79 Å². The molecule has 0 radical (unpaired) electrons. The fourth-order valence-corrected chi connectivity index (χ4v) is 3.74. The van der Waals surface area contributed by atoms with Gasteiger partial charge in [0.2, 0.25) is 5.91 Å². The van der Waals surface area contributed by atoms with Crippen LogP contribution in [0.2, 0.25) is 0 Å². The number of pyridine rings is 1. The lowest BCUT2D eigenvalue weighted by Crippen LogP contribution is -2.37. The minimum absolute atomic E-state index is 0.132. The van der Waals surface area contributed by atoms with E-state index in [9.17, 15) is 9.59 Å². The normalized spacial score (nSPS) is 14.2. The Morgan fingerprint density at radius 1 is 1.03 bits per heavy atom. The lowest BCUT2D eigenvalue weighted by molar-refractivity contribution is -0.116. The SMILES string of the molecule is Cc1cccc(NC(=O)CCn2c(=O)c(N3CCCCC3)nc3ccccc32)n1. The second-order valence-corrected chi connectivity index (χ2v) is 7.39. The first-order valence-electron chi connectivity index (χ1n) is 10.1. The number of hydrogen-bond donors (Lipinski definition) is 1. The minimum Gasteiger partial charge on any atom is -0.352 e. The average molecular weight is 391 g/mol. The molecule has 3 heterocycles. The van der Waals surface area contributed by atoms with Crippen molar-refractivity contribution in [1.29, 1.82) is 0 Å². The zero-order chi connectivity index (χ0) is 20.2. The van der Waals surface area contributed by atoms with Crippen molar-refractivity contribution >= 4 is 28.6 Å². The highest BCUT2D eigenvalue weighted by Crippen LogP contribution is 2.18. The lowest BCUT2D eigenvalue weighted by atomic mass is 10.1. The van der Waals surface area contributed by atoms with Gasteiger partial charge in [-0.3, -0.25) is 9.59 Å². The summed E-state index contributed by atoms with van der Waals surface area (Å²) in [4.78, 5) is 36.7. The number of nitrogens with one attached hydrogen (secondary N) is 1. The predicted octanol–water partition coefficient (Wildman–Crippen LogP) is 3.12. The zero-order valence-electron chi connectivity index (χ0n) is 16.6. The molecule has 1 aromatic carbocycles. The van der Waals surface area contributed by atoms with Crippen LogP contribution in [0.15, 0.2) is 47.3 Å². The molecular formula is C22H25N5O2. The summed E-state index contributed by atoms with van der Waals surface area (Å²) in [6, 6.07) is 13.1. The number of anilines is 2. The second-order valence-electron chi connectivity index (χ2n) is 7.39. The maximum atomic E-state index is 13.2. The largest absolute Gasteiger partial charge is 0.352 e. The number of benzene rings is 1. The number of para-hydroxylation sites is 2. The maximum Gasteiger partial charge on any atom is 0.294 e. The number of hydrogen-bond acceptors (Lipinski definition) is 5. The van der Waals surface area contributed by atoms with Crippen LogP contribution in [0.1, 0.15) is 31.4 Å². The summed E-state index contributed by atoms with van der Waals surface area (Å²) in [7, 11) is 0. The molecule has 3 aromatic rings. The van der Waals surface area contributed by atoms with Gasteiger partial charge in [0.15, 0.2) is 5.82 Å². The number of carbonyl (C=O) groups is 1. The Balaban J connectivity index is 1.59. The summed E-state index contributed by atoms with van der Waals surface area (Å²) >= 11 is 0. The molecule has 7 heteroatoms. The van der Waals surface area contributed by atoms with Gasteiger partial charge in [0.1, 0.15) is 5.82 Å². The summed E-state index contributed by atoms with van der Waals surface area (Å²) in [5.74, 6) is 0.843. The number of nitrogens with zero attached hydrogens (tertiary/aromatic N) is 4. The van der Waals surface area contributed by atoms with Crippen molar-refractivity contribution in [1.82, 2.24) is 14.5 Å². The third-order valence-corrected chi connectivity index (χ3v) is 5.21. The molecule has 0 aliphatic carbocycles. The molecule has 1 aliphatic heterocycles. The molecule has 7 nitrogen and oxygen atoms in total. The summed E-state index contributed by atoms with van der Waals surface area (Å²) in [6.07, 6.45) is 3.51. The molecule has 4 rings (SSSR count). The monoisotopic (exact) mass is 391 g/mol. The molecule has 1 fully saturated rings. The summed E-state index contributed by atoms with van der Waals surface area (Å²) in [5.41, 5.74) is 2.23. The van der Waals surface area contributed by atoms with Gasteiger partial charge in [0, 0.05) is 31.7 Å². The Hall–Kier alpha value is -3.22. The molecule has 0 spiro atoms. The summed E-state index contributed by atoms with van der Waals surface area (Å²) < 4.78 is 1.68. The Morgan fingerprint density at radius 3 is 2.62 bits per heavy atom. The van der Waals surface area contributed by atoms with Gasteiger partial charge in [0.05, 0.1) is 11.0 Å². The molecule has 1 aliphatic rings. The molecule has 0 unspecified atom stereocenters. The fourth-order valence-electron chi connectivity index (χ4n) is 3.74. The van der Waals surface area contributed by atoms with Crippen molar-refractivity contribution in [2.24, 2.45) is 0 Å². The van der Waals surface area contributed by atoms with Crippen LogP contribution in [0.5, 0.6) is 0 Å². The van der Waals surface area contributed by atoms with Gasteiger partial charge in [-0.1, -0.05) is 18.2 Å².